The molecule has 2 aromatic carbocycles. The van der Waals surface area contributed by atoms with Gasteiger partial charge in [-0.2, -0.15) is 5.16 Å². The Kier molecular flexibility index (Phi) is 7.35. The van der Waals surface area contributed by atoms with Gasteiger partial charge in [-0.15, -0.1) is 0 Å². The fourth-order valence-corrected chi connectivity index (χ4v) is 6.14. The van der Waals surface area contributed by atoms with Crippen LogP contribution in [0.4, 0.5) is 8.78 Å². The largest absolute Gasteiger partial charge is 0.497 e. The van der Waals surface area contributed by atoms with Crippen LogP contribution in [0.1, 0.15) is 22.9 Å². The van der Waals surface area contributed by atoms with E-state index < -0.39 is 43.0 Å². The van der Waals surface area contributed by atoms with Crippen LogP contribution < -0.4 is 20.2 Å². The molecular weight excluding hydrogens is 502 g/mol. The minimum atomic E-state index is -2.29. The zero-order valence-electron chi connectivity index (χ0n) is 21.0. The van der Waals surface area contributed by atoms with E-state index in [9.17, 15) is 23.2 Å². The zero-order chi connectivity index (χ0) is 26.9. The lowest BCUT2D eigenvalue weighted by Gasteiger charge is -2.29. The number of H-pyrrole nitrogens is 1. The molecule has 0 bridgehead atoms. The van der Waals surface area contributed by atoms with E-state index >= 15 is 0 Å². The van der Waals surface area contributed by atoms with Gasteiger partial charge in [0.15, 0.2) is 5.78 Å². The SMILES string of the molecule is COc1ccc2c(c1)OCCN(C(=O)Cc1cc(=O)[nH]o1)[C@H]2C(=O)Cc1cc(F)c([Si](C)(C)C)c(F)c1. The van der Waals surface area contributed by atoms with Crippen molar-refractivity contribution in [3.63, 3.8) is 0 Å². The van der Waals surface area contributed by atoms with Crippen LogP contribution in [-0.2, 0) is 22.4 Å². The number of carbonyl (C=O) groups is 2. The summed E-state index contributed by atoms with van der Waals surface area (Å²) in [6.07, 6.45) is -0.568. The Hall–Kier alpha value is -3.73. The highest BCUT2D eigenvalue weighted by molar-refractivity contribution is 6.88. The summed E-state index contributed by atoms with van der Waals surface area (Å²) in [6, 6.07) is 7.35. The number of nitrogens with one attached hydrogen (secondary N) is 1. The minimum absolute atomic E-state index is 0.0676. The van der Waals surface area contributed by atoms with Crippen LogP contribution in [0.5, 0.6) is 11.5 Å². The summed E-state index contributed by atoms with van der Waals surface area (Å²) in [7, 11) is -0.797. The summed E-state index contributed by atoms with van der Waals surface area (Å²) < 4.78 is 45.9. The zero-order valence-corrected chi connectivity index (χ0v) is 22.0. The smallest absolute Gasteiger partial charge is 0.280 e. The van der Waals surface area contributed by atoms with Crippen LogP contribution in [0.25, 0.3) is 0 Å². The normalized spacial score (nSPS) is 15.5. The predicted octanol–water partition coefficient (Wildman–Crippen LogP) is 3.12. The van der Waals surface area contributed by atoms with Gasteiger partial charge < -0.3 is 18.9 Å². The van der Waals surface area contributed by atoms with Gasteiger partial charge in [-0.25, -0.2) is 8.78 Å². The summed E-state index contributed by atoms with van der Waals surface area (Å²) >= 11 is 0. The van der Waals surface area contributed by atoms with Crippen LogP contribution in [-0.4, -0.2) is 50.1 Å². The van der Waals surface area contributed by atoms with Crippen molar-refractivity contribution in [2.45, 2.75) is 38.5 Å². The van der Waals surface area contributed by atoms with Gasteiger partial charge in [0.25, 0.3) is 5.56 Å². The quantitative estimate of drug-likeness (QED) is 0.471. The molecule has 1 amide bonds. The topological polar surface area (TPSA) is 102 Å². The number of amides is 1. The van der Waals surface area contributed by atoms with Gasteiger partial charge >= 0.3 is 0 Å². The molecule has 0 saturated heterocycles. The van der Waals surface area contributed by atoms with Gasteiger partial charge in [-0.3, -0.25) is 14.4 Å². The number of ketones is 1. The molecule has 1 aliphatic rings. The van der Waals surface area contributed by atoms with E-state index in [1.54, 1.807) is 18.2 Å². The van der Waals surface area contributed by atoms with Crippen molar-refractivity contribution in [2.75, 3.05) is 20.3 Å². The summed E-state index contributed by atoms with van der Waals surface area (Å²) in [6.45, 7) is 5.68. The van der Waals surface area contributed by atoms with Crippen molar-refractivity contribution in [3.8, 4) is 11.5 Å². The number of hydrogen-bond donors (Lipinski definition) is 1. The van der Waals surface area contributed by atoms with Crippen LogP contribution >= 0.6 is 0 Å². The first-order valence-corrected chi connectivity index (χ1v) is 15.3. The highest BCUT2D eigenvalue weighted by atomic mass is 28.3. The number of fused-ring (bicyclic) bond motifs is 1. The molecule has 37 heavy (non-hydrogen) atoms. The van der Waals surface area contributed by atoms with Crippen molar-refractivity contribution in [3.05, 3.63) is 75.3 Å². The molecule has 0 unspecified atom stereocenters. The van der Waals surface area contributed by atoms with Gasteiger partial charge in [-0.05, 0) is 29.8 Å². The number of ether oxygens (including phenoxy) is 2. The minimum Gasteiger partial charge on any atom is -0.497 e. The molecule has 0 fully saturated rings. The second-order valence-corrected chi connectivity index (χ2v) is 14.9. The number of methoxy groups -OCH3 is 1. The number of aromatic amines is 1. The maximum Gasteiger partial charge on any atom is 0.280 e. The molecule has 4 rings (SSSR count). The van der Waals surface area contributed by atoms with E-state index in [0.29, 0.717) is 17.1 Å². The van der Waals surface area contributed by atoms with Crippen molar-refractivity contribution < 1.29 is 32.4 Å². The Labute approximate surface area is 213 Å². The lowest BCUT2D eigenvalue weighted by atomic mass is 9.95. The van der Waals surface area contributed by atoms with E-state index in [1.165, 1.54) is 24.1 Å². The molecule has 1 atom stereocenters. The van der Waals surface area contributed by atoms with Crippen molar-refractivity contribution in [1.29, 1.82) is 0 Å². The lowest BCUT2D eigenvalue weighted by molar-refractivity contribution is -0.139. The molecule has 2 heterocycles. The Bertz CT molecular complexity index is 1370. The predicted molar refractivity (Wildman–Crippen MR) is 134 cm³/mol. The molecule has 1 N–H and O–H groups in total. The van der Waals surface area contributed by atoms with E-state index in [-0.39, 0.29) is 42.5 Å². The number of benzene rings is 2. The Balaban J connectivity index is 1.71. The number of halogens is 2. The second-order valence-electron chi connectivity index (χ2n) is 9.93. The fraction of sp³-hybridized carbons (Fsp3) is 0.346. The summed E-state index contributed by atoms with van der Waals surface area (Å²) in [5.74, 6) is -1.27. The number of aromatic nitrogens is 1. The third-order valence-corrected chi connectivity index (χ3v) is 8.15. The molecule has 3 aromatic rings. The van der Waals surface area contributed by atoms with E-state index in [4.69, 9.17) is 14.0 Å². The van der Waals surface area contributed by atoms with Crippen molar-refractivity contribution >= 4 is 25.0 Å². The van der Waals surface area contributed by atoms with E-state index in [1.807, 2.05) is 19.6 Å². The maximum atomic E-state index is 14.9. The molecule has 11 heteroatoms. The molecule has 8 nitrogen and oxygen atoms in total. The van der Waals surface area contributed by atoms with Crippen LogP contribution in [0.3, 0.4) is 0 Å². The summed E-state index contributed by atoms with van der Waals surface area (Å²) in [4.78, 5) is 39.8. The van der Waals surface area contributed by atoms with Gasteiger partial charge in [0, 0.05) is 29.3 Å². The number of carbonyl (C=O) groups excluding carboxylic acids is 2. The van der Waals surface area contributed by atoms with Crippen LogP contribution in [0.15, 0.2) is 45.7 Å². The third-order valence-electron chi connectivity index (χ3n) is 6.17. The highest BCUT2D eigenvalue weighted by Crippen LogP contribution is 2.36. The Morgan fingerprint density at radius 2 is 1.81 bits per heavy atom. The lowest BCUT2D eigenvalue weighted by Crippen LogP contribution is -2.43. The van der Waals surface area contributed by atoms with Gasteiger partial charge in [0.1, 0.15) is 41.5 Å². The van der Waals surface area contributed by atoms with Crippen molar-refractivity contribution in [1.82, 2.24) is 10.1 Å². The van der Waals surface area contributed by atoms with Crippen LogP contribution in [0.2, 0.25) is 19.6 Å². The first-order chi connectivity index (χ1) is 17.5. The van der Waals surface area contributed by atoms with Crippen LogP contribution in [0, 0.1) is 11.6 Å². The average Bonchev–Trinajstić information content (AvgIpc) is 3.11. The molecule has 1 aromatic heterocycles. The average molecular weight is 531 g/mol. The number of Topliss-reactive ketones (excluding diaryl/α,β-unsaturated/α-hetero) is 1. The van der Waals surface area contributed by atoms with Gasteiger partial charge in [-0.1, -0.05) is 19.6 Å². The van der Waals surface area contributed by atoms with Gasteiger partial charge in [0.05, 0.1) is 28.1 Å². The number of nitrogens with zero attached hydrogens (tertiary/aromatic N) is 1. The fourth-order valence-electron chi connectivity index (χ4n) is 4.56. The number of rotatable bonds is 7. The third kappa shape index (κ3) is 5.66. The molecule has 1 aliphatic heterocycles. The van der Waals surface area contributed by atoms with Gasteiger partial charge in [0.2, 0.25) is 5.91 Å². The van der Waals surface area contributed by atoms with E-state index in [0.717, 1.165) is 6.07 Å². The Morgan fingerprint density at radius 1 is 1.11 bits per heavy atom. The summed E-state index contributed by atoms with van der Waals surface area (Å²) in [5, 5.41) is 2.21. The first-order valence-electron chi connectivity index (χ1n) is 11.8. The highest BCUT2D eigenvalue weighted by Gasteiger charge is 2.36. The first kappa shape index (κ1) is 26.3. The molecular formula is C26H28F2N2O6Si. The maximum absolute atomic E-state index is 14.9. The standard InChI is InChI=1S/C26H28F2N2O6Si/c1-34-16-5-6-18-22(12-16)35-8-7-30(24(33)14-17-13-23(32)29-36-17)25(18)21(31)11-15-9-19(27)26(20(28)10-15)37(2,3)4/h5-6,9-10,12-13,25H,7-8,11,14H2,1-4H3,(H,29,32)/t25-/m1/s1. The van der Waals surface area contributed by atoms with E-state index in [2.05, 4.69) is 5.16 Å². The Morgan fingerprint density at radius 3 is 2.41 bits per heavy atom. The molecule has 0 spiro atoms. The molecule has 0 aliphatic carbocycles. The monoisotopic (exact) mass is 530 g/mol. The molecule has 0 radical (unpaired) electrons. The summed E-state index contributed by atoms with van der Waals surface area (Å²) in [5.41, 5.74) is 0.107. The molecule has 0 saturated carbocycles. The van der Waals surface area contributed by atoms with Crippen molar-refractivity contribution in [2.24, 2.45) is 0 Å². The number of hydrogen-bond acceptors (Lipinski definition) is 6. The molecule has 196 valence electrons. The second kappa shape index (κ2) is 10.3.